The van der Waals surface area contributed by atoms with E-state index in [1.54, 1.807) is 6.07 Å². The molecule has 0 aromatic heterocycles. The van der Waals surface area contributed by atoms with Crippen LogP contribution >= 0.6 is 15.9 Å². The lowest BCUT2D eigenvalue weighted by Gasteiger charge is -2.32. The third-order valence-electron chi connectivity index (χ3n) is 3.86. The van der Waals surface area contributed by atoms with Gasteiger partial charge in [0.25, 0.3) is 0 Å². The van der Waals surface area contributed by atoms with E-state index in [2.05, 4.69) is 15.9 Å². The van der Waals surface area contributed by atoms with Gasteiger partial charge in [-0.2, -0.15) is 0 Å². The first-order valence-electron chi connectivity index (χ1n) is 6.83. The van der Waals surface area contributed by atoms with E-state index in [0.717, 1.165) is 21.2 Å². The second-order valence-electron chi connectivity index (χ2n) is 5.42. The third kappa shape index (κ3) is 3.51. The summed E-state index contributed by atoms with van der Waals surface area (Å²) in [6, 6.07) is 12.5. The highest BCUT2D eigenvalue weighted by atomic mass is 79.9. The molecule has 0 aliphatic carbocycles. The van der Waals surface area contributed by atoms with E-state index in [4.69, 9.17) is 5.73 Å². The molecule has 2 rings (SSSR count). The average molecular weight is 352 g/mol. The number of benzene rings is 2. The Labute approximate surface area is 132 Å². The van der Waals surface area contributed by atoms with E-state index in [1.165, 1.54) is 12.1 Å². The fraction of sp³-hybridized carbons (Fsp3) is 0.294. The van der Waals surface area contributed by atoms with Crippen LogP contribution in [-0.4, -0.2) is 18.3 Å². The summed E-state index contributed by atoms with van der Waals surface area (Å²) in [5.74, 6) is -0.290. The lowest BCUT2D eigenvalue weighted by Crippen LogP contribution is -2.41. The zero-order chi connectivity index (χ0) is 15.5. The van der Waals surface area contributed by atoms with E-state index in [9.17, 15) is 9.50 Å². The van der Waals surface area contributed by atoms with Crippen molar-refractivity contribution < 1.29 is 9.50 Å². The quantitative estimate of drug-likeness (QED) is 0.867. The topological polar surface area (TPSA) is 46.2 Å². The molecule has 0 amide bonds. The van der Waals surface area contributed by atoms with Crippen molar-refractivity contribution in [3.05, 3.63) is 69.4 Å². The number of aryl methyl sites for hydroxylation is 1. The van der Waals surface area contributed by atoms with Crippen LogP contribution in [0, 0.1) is 12.7 Å². The molecule has 2 aromatic rings. The minimum absolute atomic E-state index is 0.0874. The molecule has 112 valence electrons. The highest BCUT2D eigenvalue weighted by molar-refractivity contribution is 9.10. The molecule has 0 saturated heterocycles. The molecule has 1 unspecified atom stereocenters. The van der Waals surface area contributed by atoms with Gasteiger partial charge in [0.1, 0.15) is 5.82 Å². The van der Waals surface area contributed by atoms with Crippen LogP contribution in [0.15, 0.2) is 46.9 Å². The monoisotopic (exact) mass is 351 g/mol. The summed E-state index contributed by atoms with van der Waals surface area (Å²) in [5, 5.41) is 9.95. The van der Waals surface area contributed by atoms with Crippen molar-refractivity contribution >= 4 is 15.9 Å². The van der Waals surface area contributed by atoms with Gasteiger partial charge < -0.3 is 10.8 Å². The first kappa shape index (κ1) is 16.1. The highest BCUT2D eigenvalue weighted by Crippen LogP contribution is 2.31. The molecule has 0 radical (unpaired) electrons. The van der Waals surface area contributed by atoms with Crippen LogP contribution in [0.3, 0.4) is 0 Å². The summed E-state index contributed by atoms with van der Waals surface area (Å²) < 4.78 is 14.3. The van der Waals surface area contributed by atoms with Gasteiger partial charge in [0, 0.05) is 16.4 Å². The van der Waals surface area contributed by atoms with E-state index in [1.807, 2.05) is 31.2 Å². The van der Waals surface area contributed by atoms with Gasteiger partial charge in [-0.3, -0.25) is 0 Å². The number of nitrogens with two attached hydrogens (primary N) is 1. The van der Waals surface area contributed by atoms with Crippen molar-refractivity contribution in [2.24, 2.45) is 5.73 Å². The number of halogens is 2. The second-order valence-corrected chi connectivity index (χ2v) is 6.28. The Bertz CT molecular complexity index is 626. The average Bonchev–Trinajstić information content (AvgIpc) is 2.48. The van der Waals surface area contributed by atoms with Gasteiger partial charge in [0.2, 0.25) is 0 Å². The van der Waals surface area contributed by atoms with Gasteiger partial charge >= 0.3 is 0 Å². The molecule has 2 nitrogen and oxygen atoms in total. The highest BCUT2D eigenvalue weighted by Gasteiger charge is 2.31. The minimum Gasteiger partial charge on any atom is -0.395 e. The lowest BCUT2D eigenvalue weighted by molar-refractivity contribution is 0.196. The predicted molar refractivity (Wildman–Crippen MR) is 86.8 cm³/mol. The lowest BCUT2D eigenvalue weighted by atomic mass is 9.76. The van der Waals surface area contributed by atoms with Crippen LogP contribution in [-0.2, 0) is 11.8 Å². The van der Waals surface area contributed by atoms with E-state index >= 15 is 0 Å². The van der Waals surface area contributed by atoms with Crippen LogP contribution in [0.1, 0.15) is 16.7 Å². The Morgan fingerprint density at radius 3 is 2.62 bits per heavy atom. The summed E-state index contributed by atoms with van der Waals surface area (Å²) in [5.41, 5.74) is 8.24. The Kier molecular flexibility index (Phi) is 5.14. The van der Waals surface area contributed by atoms with Gasteiger partial charge in [-0.1, -0.05) is 45.8 Å². The standard InChI is InChI=1S/C17H19BrFNO/c1-12-3-2-4-14(7-12)17(10-20,11-21)9-13-8-15(19)5-6-16(13)18/h2-8,21H,9-11,20H2,1H3. The maximum atomic E-state index is 13.5. The molecule has 0 bridgehead atoms. The summed E-state index contributed by atoms with van der Waals surface area (Å²) in [4.78, 5) is 0. The van der Waals surface area contributed by atoms with Crippen molar-refractivity contribution in [1.29, 1.82) is 0 Å². The number of aliphatic hydroxyl groups is 1. The van der Waals surface area contributed by atoms with Crippen molar-refractivity contribution in [3.63, 3.8) is 0 Å². The van der Waals surface area contributed by atoms with Crippen molar-refractivity contribution in [2.75, 3.05) is 13.2 Å². The van der Waals surface area contributed by atoms with Gasteiger partial charge in [-0.25, -0.2) is 4.39 Å². The third-order valence-corrected chi connectivity index (χ3v) is 4.63. The number of rotatable bonds is 5. The molecule has 3 N–H and O–H groups in total. The molecule has 0 spiro atoms. The van der Waals surface area contributed by atoms with Crippen LogP contribution in [0.25, 0.3) is 0 Å². The van der Waals surface area contributed by atoms with Gasteiger partial charge in [-0.05, 0) is 42.7 Å². The first-order valence-corrected chi connectivity index (χ1v) is 7.62. The van der Waals surface area contributed by atoms with Crippen molar-refractivity contribution in [1.82, 2.24) is 0 Å². The summed E-state index contributed by atoms with van der Waals surface area (Å²) >= 11 is 3.44. The Morgan fingerprint density at radius 2 is 2.00 bits per heavy atom. The fourth-order valence-electron chi connectivity index (χ4n) is 2.52. The molecule has 0 aliphatic rings. The minimum atomic E-state index is -0.609. The molecular formula is C17H19BrFNO. The zero-order valence-electron chi connectivity index (χ0n) is 11.9. The Hall–Kier alpha value is -1.23. The van der Waals surface area contributed by atoms with Crippen LogP contribution < -0.4 is 5.73 Å². The van der Waals surface area contributed by atoms with Crippen molar-refractivity contribution in [3.8, 4) is 0 Å². The molecule has 21 heavy (non-hydrogen) atoms. The Balaban J connectivity index is 2.45. The van der Waals surface area contributed by atoms with Crippen LogP contribution in [0.2, 0.25) is 0 Å². The fourth-order valence-corrected chi connectivity index (χ4v) is 2.91. The molecule has 4 heteroatoms. The molecule has 0 heterocycles. The molecule has 0 fully saturated rings. The number of hydrogen-bond donors (Lipinski definition) is 2. The molecule has 0 saturated carbocycles. The molecular weight excluding hydrogens is 333 g/mol. The van der Waals surface area contributed by atoms with E-state index < -0.39 is 5.41 Å². The van der Waals surface area contributed by atoms with Gasteiger partial charge in [0.15, 0.2) is 0 Å². The largest absolute Gasteiger partial charge is 0.395 e. The van der Waals surface area contributed by atoms with Crippen LogP contribution in [0.5, 0.6) is 0 Å². The molecule has 0 aliphatic heterocycles. The first-order chi connectivity index (χ1) is 10.0. The smallest absolute Gasteiger partial charge is 0.123 e. The zero-order valence-corrected chi connectivity index (χ0v) is 13.5. The maximum Gasteiger partial charge on any atom is 0.123 e. The van der Waals surface area contributed by atoms with Crippen molar-refractivity contribution in [2.45, 2.75) is 18.8 Å². The molecule has 1 atom stereocenters. The van der Waals surface area contributed by atoms with E-state index in [-0.39, 0.29) is 19.0 Å². The normalized spacial score (nSPS) is 14.0. The SMILES string of the molecule is Cc1cccc(C(CN)(CO)Cc2cc(F)ccc2Br)c1. The Morgan fingerprint density at radius 1 is 1.24 bits per heavy atom. The molecule has 2 aromatic carbocycles. The predicted octanol–water partition coefficient (Wildman–Crippen LogP) is 3.33. The summed E-state index contributed by atoms with van der Waals surface area (Å²) in [7, 11) is 0. The van der Waals surface area contributed by atoms with Crippen LogP contribution in [0.4, 0.5) is 4.39 Å². The number of aliphatic hydroxyl groups excluding tert-OH is 1. The van der Waals surface area contributed by atoms with Gasteiger partial charge in [0.05, 0.1) is 6.61 Å². The van der Waals surface area contributed by atoms with Gasteiger partial charge in [-0.15, -0.1) is 0 Å². The summed E-state index contributed by atoms with van der Waals surface area (Å²) in [6.07, 6.45) is 0.474. The summed E-state index contributed by atoms with van der Waals surface area (Å²) in [6.45, 7) is 2.20. The van der Waals surface area contributed by atoms with E-state index in [0.29, 0.717) is 6.42 Å². The number of hydrogen-bond acceptors (Lipinski definition) is 2. The maximum absolute atomic E-state index is 13.5. The second kappa shape index (κ2) is 6.69.